The van der Waals surface area contributed by atoms with E-state index in [1.54, 1.807) is 25.4 Å². The molecule has 2 fully saturated rings. The maximum absolute atomic E-state index is 13.9. The second-order valence-electron chi connectivity index (χ2n) is 15.3. The Hall–Kier alpha value is -4.38. The molecule has 4 heterocycles. The molecule has 9 nitrogen and oxygen atoms in total. The number of halogens is 2. The molecule has 0 radical (unpaired) electrons. The van der Waals surface area contributed by atoms with E-state index in [0.29, 0.717) is 34.4 Å². The normalized spacial score (nSPS) is 20.7. The van der Waals surface area contributed by atoms with E-state index in [2.05, 4.69) is 46.4 Å². The Morgan fingerprint density at radius 3 is 2.48 bits per heavy atom. The molecule has 2 aromatic heterocycles. The lowest BCUT2D eigenvalue weighted by Gasteiger charge is -2.48. The van der Waals surface area contributed by atoms with Crippen molar-refractivity contribution in [3.05, 3.63) is 65.5 Å². The van der Waals surface area contributed by atoms with Crippen LogP contribution in [-0.2, 0) is 10.2 Å². The number of aromatic nitrogens is 3. The van der Waals surface area contributed by atoms with Crippen LogP contribution >= 0.6 is 0 Å². The molecule has 0 atom stereocenters. The fourth-order valence-electron chi connectivity index (χ4n) is 7.76. The van der Waals surface area contributed by atoms with Gasteiger partial charge in [0.15, 0.2) is 5.82 Å². The standard InChI is InChI=1S/C39H47F2N7O2/c1-23(2)47-22-43-32-20-31(45-35(34(32)47)44-26-12-10-24(3)29(17-26)36(49)42-21-39(6,40)41)25-11-13-30-33(16-25)48(37(50)38(30,4)5)28-18-27(19-28)46-14-8-7-9-15-46/h10-13,16-17,20,22-23,27-28H,7-9,14-15,18-19,21H2,1-6H3,(H,42,49)(H,44,45)/t27-,28+. The molecule has 0 unspecified atom stereocenters. The molecule has 11 heteroatoms. The summed E-state index contributed by atoms with van der Waals surface area (Å²) in [7, 11) is 0. The van der Waals surface area contributed by atoms with Crippen LogP contribution in [0.25, 0.3) is 22.3 Å². The Morgan fingerprint density at radius 2 is 1.78 bits per heavy atom. The molecule has 1 aliphatic carbocycles. The Labute approximate surface area is 292 Å². The number of amides is 2. The van der Waals surface area contributed by atoms with Crippen molar-refractivity contribution >= 4 is 40.0 Å². The number of hydrogen-bond donors (Lipinski definition) is 2. The van der Waals surface area contributed by atoms with Gasteiger partial charge in [-0.3, -0.25) is 9.59 Å². The molecule has 264 valence electrons. The van der Waals surface area contributed by atoms with Crippen LogP contribution in [-0.4, -0.2) is 68.9 Å². The first kappa shape index (κ1) is 34.1. The molecule has 2 N–H and O–H groups in total. The van der Waals surface area contributed by atoms with Gasteiger partial charge in [-0.25, -0.2) is 18.7 Å². The van der Waals surface area contributed by atoms with Crippen LogP contribution in [0.2, 0.25) is 0 Å². The third kappa shape index (κ3) is 6.25. The Morgan fingerprint density at radius 1 is 1.04 bits per heavy atom. The fourth-order valence-corrected chi connectivity index (χ4v) is 7.76. The summed E-state index contributed by atoms with van der Waals surface area (Å²) in [5.74, 6) is -2.89. The highest BCUT2D eigenvalue weighted by Crippen LogP contribution is 2.48. The summed E-state index contributed by atoms with van der Waals surface area (Å²) in [6, 6.07) is 14.3. The molecule has 1 saturated carbocycles. The first-order chi connectivity index (χ1) is 23.7. The summed E-state index contributed by atoms with van der Waals surface area (Å²) in [6.45, 7) is 12.3. The highest BCUT2D eigenvalue weighted by atomic mass is 19.3. The molecule has 0 spiro atoms. The van der Waals surface area contributed by atoms with Crippen LogP contribution in [0, 0.1) is 6.92 Å². The number of imidazole rings is 1. The maximum atomic E-state index is 13.9. The largest absolute Gasteiger partial charge is 0.346 e. The minimum Gasteiger partial charge on any atom is -0.346 e. The first-order valence-corrected chi connectivity index (χ1v) is 17.8. The van der Waals surface area contributed by atoms with Gasteiger partial charge in [0.1, 0.15) is 5.52 Å². The molecular formula is C39H47F2N7O2. The van der Waals surface area contributed by atoms with Gasteiger partial charge in [0.05, 0.1) is 29.5 Å². The van der Waals surface area contributed by atoms with Crippen molar-refractivity contribution in [1.29, 1.82) is 0 Å². The number of piperidine rings is 1. The van der Waals surface area contributed by atoms with E-state index in [4.69, 9.17) is 9.97 Å². The third-order valence-electron chi connectivity index (χ3n) is 10.8. The summed E-state index contributed by atoms with van der Waals surface area (Å²) in [5.41, 5.74) is 6.05. The maximum Gasteiger partial charge on any atom is 0.262 e. The molecule has 4 aromatic rings. The number of hydrogen-bond acceptors (Lipinski definition) is 6. The van der Waals surface area contributed by atoms with E-state index in [-0.39, 0.29) is 18.0 Å². The fraction of sp³-hybridized carbons (Fsp3) is 0.487. The molecule has 3 aliphatic rings. The zero-order valence-electron chi connectivity index (χ0n) is 29.8. The van der Waals surface area contributed by atoms with Crippen LogP contribution in [0.1, 0.15) is 94.2 Å². The molecule has 2 aliphatic heterocycles. The predicted molar refractivity (Wildman–Crippen MR) is 194 cm³/mol. The van der Waals surface area contributed by atoms with Gasteiger partial charge < -0.3 is 25.0 Å². The van der Waals surface area contributed by atoms with E-state index in [0.717, 1.165) is 60.7 Å². The zero-order chi connectivity index (χ0) is 35.5. The summed E-state index contributed by atoms with van der Waals surface area (Å²) >= 11 is 0. The van der Waals surface area contributed by atoms with Crippen molar-refractivity contribution in [1.82, 2.24) is 24.8 Å². The number of nitrogens with zero attached hydrogens (tertiary/aromatic N) is 5. The SMILES string of the molecule is Cc1ccc(Nc2nc(-c3ccc4c(c3)N([C@H]3C[C@@H](N5CCCCC5)C3)C(=O)C4(C)C)cc3ncn(C(C)C)c23)cc1C(=O)NCC(C)(F)F. The molecule has 7 rings (SSSR count). The zero-order valence-corrected chi connectivity index (χ0v) is 29.8. The van der Waals surface area contributed by atoms with Crippen LogP contribution < -0.4 is 15.5 Å². The monoisotopic (exact) mass is 683 g/mol. The number of aryl methyl sites for hydroxylation is 1. The Bertz CT molecular complexity index is 1950. The van der Waals surface area contributed by atoms with Crippen LogP contribution in [0.3, 0.4) is 0 Å². The summed E-state index contributed by atoms with van der Waals surface area (Å²) < 4.78 is 29.0. The van der Waals surface area contributed by atoms with Crippen LogP contribution in [0.15, 0.2) is 48.8 Å². The number of fused-ring (bicyclic) bond motifs is 2. The van der Waals surface area contributed by atoms with Gasteiger partial charge in [-0.15, -0.1) is 0 Å². The Kier molecular flexibility index (Phi) is 8.69. The number of alkyl halides is 2. The highest BCUT2D eigenvalue weighted by molar-refractivity contribution is 6.09. The molecule has 2 amide bonds. The molecule has 50 heavy (non-hydrogen) atoms. The van der Waals surface area contributed by atoms with Gasteiger partial charge in [-0.05, 0) is 109 Å². The predicted octanol–water partition coefficient (Wildman–Crippen LogP) is 7.76. The van der Waals surface area contributed by atoms with Crippen LogP contribution in [0.4, 0.5) is 26.0 Å². The average Bonchev–Trinajstić information content (AvgIpc) is 3.57. The number of benzene rings is 2. The minimum atomic E-state index is -3.02. The molecule has 0 bridgehead atoms. The van der Waals surface area contributed by atoms with Gasteiger partial charge >= 0.3 is 0 Å². The smallest absolute Gasteiger partial charge is 0.262 e. The third-order valence-corrected chi connectivity index (χ3v) is 10.8. The van der Waals surface area contributed by atoms with Gasteiger partial charge in [-0.2, -0.15) is 0 Å². The lowest BCUT2D eigenvalue weighted by molar-refractivity contribution is -0.123. The lowest BCUT2D eigenvalue weighted by atomic mass is 9.82. The van der Waals surface area contributed by atoms with Crippen molar-refractivity contribution in [2.24, 2.45) is 0 Å². The van der Waals surface area contributed by atoms with Gasteiger partial charge in [0.25, 0.3) is 11.8 Å². The van der Waals surface area contributed by atoms with Gasteiger partial charge in [-0.1, -0.05) is 24.6 Å². The summed E-state index contributed by atoms with van der Waals surface area (Å²) in [6.07, 6.45) is 7.61. The Balaban J connectivity index is 1.23. The van der Waals surface area contributed by atoms with E-state index in [1.165, 1.54) is 19.3 Å². The van der Waals surface area contributed by atoms with Crippen molar-refractivity contribution in [2.75, 3.05) is 29.9 Å². The van der Waals surface area contributed by atoms with E-state index in [9.17, 15) is 18.4 Å². The van der Waals surface area contributed by atoms with Crippen molar-refractivity contribution in [3.8, 4) is 11.3 Å². The van der Waals surface area contributed by atoms with Gasteiger partial charge in [0, 0.05) is 47.6 Å². The van der Waals surface area contributed by atoms with E-state index < -0.39 is 23.8 Å². The number of carbonyl (C=O) groups is 2. The number of likely N-dealkylation sites (tertiary alicyclic amines) is 1. The van der Waals surface area contributed by atoms with Crippen molar-refractivity contribution in [2.45, 2.75) is 103 Å². The second kappa shape index (κ2) is 12.7. The first-order valence-electron chi connectivity index (χ1n) is 17.8. The molecule has 1 saturated heterocycles. The summed E-state index contributed by atoms with van der Waals surface area (Å²) in [5, 5.41) is 5.76. The van der Waals surface area contributed by atoms with Crippen LogP contribution in [0.5, 0.6) is 0 Å². The van der Waals surface area contributed by atoms with E-state index >= 15 is 0 Å². The van der Waals surface area contributed by atoms with Gasteiger partial charge in [0.2, 0.25) is 5.91 Å². The molecule has 2 aromatic carbocycles. The molecular weight excluding hydrogens is 636 g/mol. The summed E-state index contributed by atoms with van der Waals surface area (Å²) in [4.78, 5) is 41.4. The van der Waals surface area contributed by atoms with Crippen molar-refractivity contribution in [3.63, 3.8) is 0 Å². The quantitative estimate of drug-likeness (QED) is 0.187. The van der Waals surface area contributed by atoms with E-state index in [1.807, 2.05) is 36.6 Å². The number of rotatable bonds is 9. The number of anilines is 3. The van der Waals surface area contributed by atoms with Crippen molar-refractivity contribution < 1.29 is 18.4 Å². The highest BCUT2D eigenvalue weighted by Gasteiger charge is 2.50. The minimum absolute atomic E-state index is 0.0984. The lowest BCUT2D eigenvalue weighted by Crippen LogP contribution is -2.57. The number of carbonyl (C=O) groups excluding carboxylic acids is 2. The topological polar surface area (TPSA) is 95.4 Å². The second-order valence-corrected chi connectivity index (χ2v) is 15.3. The number of pyridine rings is 1. The average molecular weight is 684 g/mol. The number of nitrogens with one attached hydrogen (secondary N) is 2.